The number of alkyl halides is 3. The van der Waals surface area contributed by atoms with E-state index in [-0.39, 0.29) is 23.2 Å². The van der Waals surface area contributed by atoms with Gasteiger partial charge in [-0.2, -0.15) is 13.2 Å². The largest absolute Gasteiger partial charge is 0.431 e. The van der Waals surface area contributed by atoms with E-state index < -0.39 is 18.1 Å². The Hall–Kier alpha value is -2.94. The number of H-pyrrole nitrogens is 1. The number of aromatic amines is 1. The van der Waals surface area contributed by atoms with Crippen molar-refractivity contribution in [3.63, 3.8) is 0 Å². The Bertz CT molecular complexity index is 1210. The lowest BCUT2D eigenvalue weighted by Crippen LogP contribution is -2.47. The van der Waals surface area contributed by atoms with Gasteiger partial charge in [0, 0.05) is 17.4 Å². The highest BCUT2D eigenvalue weighted by molar-refractivity contribution is 7.99. The number of carbonyl (C=O) groups excluding carboxylic acids is 1. The fourth-order valence-corrected chi connectivity index (χ4v) is 4.69. The van der Waals surface area contributed by atoms with Gasteiger partial charge in [0.1, 0.15) is 5.52 Å². The molecule has 0 saturated heterocycles. The van der Waals surface area contributed by atoms with Crippen molar-refractivity contribution in [2.24, 2.45) is 0 Å². The molecule has 0 fully saturated rings. The highest BCUT2D eigenvalue weighted by Crippen LogP contribution is 2.44. The van der Waals surface area contributed by atoms with Gasteiger partial charge in [-0.15, -0.1) is 0 Å². The number of para-hydroxylation sites is 3. The number of fused-ring (bicyclic) bond motifs is 4. The highest BCUT2D eigenvalue weighted by Gasteiger charge is 2.50. The monoisotopic (exact) mass is 431 g/mol. The molecule has 2 aromatic heterocycles. The summed E-state index contributed by atoms with van der Waals surface area (Å²) in [6.45, 7) is 0.00593. The summed E-state index contributed by atoms with van der Waals surface area (Å²) in [4.78, 5) is 20.9. The first kappa shape index (κ1) is 19.0. The van der Waals surface area contributed by atoms with Crippen LogP contribution in [0.3, 0.4) is 0 Å². The van der Waals surface area contributed by atoms with Crippen LogP contribution in [0.15, 0.2) is 58.2 Å². The molecule has 1 unspecified atom stereocenters. The van der Waals surface area contributed by atoms with Gasteiger partial charge in [-0.3, -0.25) is 4.79 Å². The molecular weight excluding hydrogens is 415 g/mol. The smallest absolute Gasteiger partial charge is 0.414 e. The van der Waals surface area contributed by atoms with Crippen LogP contribution in [-0.4, -0.2) is 39.2 Å². The first-order chi connectivity index (χ1) is 14.4. The van der Waals surface area contributed by atoms with E-state index in [0.717, 1.165) is 22.0 Å². The molecule has 1 amide bonds. The summed E-state index contributed by atoms with van der Waals surface area (Å²) in [5, 5.41) is 1.03. The van der Waals surface area contributed by atoms with Crippen LogP contribution in [0.2, 0.25) is 0 Å². The Morgan fingerprint density at radius 3 is 2.77 bits per heavy atom. The average Bonchev–Trinajstić information content (AvgIpc) is 3.31. The standard InChI is InChI=1S/C21H16F3N3O2S/c22-21(23,24)19-18-13(12-5-1-2-6-14(12)25-18)9-10-27(19)17(28)11-30-20-26-15-7-3-4-8-16(15)29-20/h1-8,19,25H,9-11H2. The van der Waals surface area contributed by atoms with E-state index >= 15 is 0 Å². The third-order valence-electron chi connectivity index (χ3n) is 5.26. The number of hydrogen-bond donors (Lipinski definition) is 1. The number of benzene rings is 2. The zero-order valence-corrected chi connectivity index (χ0v) is 16.4. The maximum atomic E-state index is 14.0. The van der Waals surface area contributed by atoms with Gasteiger partial charge in [0.05, 0.1) is 11.4 Å². The van der Waals surface area contributed by atoms with E-state index in [1.54, 1.807) is 42.5 Å². The lowest BCUT2D eigenvalue weighted by Gasteiger charge is -2.36. The molecule has 4 aromatic rings. The second-order valence-corrected chi connectivity index (χ2v) is 8.01. The molecule has 154 valence electrons. The van der Waals surface area contributed by atoms with Crippen molar-refractivity contribution < 1.29 is 22.4 Å². The summed E-state index contributed by atoms with van der Waals surface area (Å²) in [6.07, 6.45) is -4.22. The van der Waals surface area contributed by atoms with Crippen molar-refractivity contribution in [2.45, 2.75) is 23.9 Å². The molecule has 1 atom stereocenters. The van der Waals surface area contributed by atoms with Gasteiger partial charge in [-0.1, -0.05) is 42.1 Å². The summed E-state index contributed by atoms with van der Waals surface area (Å²) in [5.74, 6) is -0.788. The number of aromatic nitrogens is 2. The van der Waals surface area contributed by atoms with Crippen LogP contribution in [0.1, 0.15) is 17.3 Å². The summed E-state index contributed by atoms with van der Waals surface area (Å²) >= 11 is 1.00. The molecule has 9 heteroatoms. The molecule has 5 rings (SSSR count). The number of amides is 1. The molecule has 0 saturated carbocycles. The normalized spacial score (nSPS) is 16.9. The van der Waals surface area contributed by atoms with Gasteiger partial charge in [-0.25, -0.2) is 4.98 Å². The number of thioether (sulfide) groups is 1. The van der Waals surface area contributed by atoms with Gasteiger partial charge in [0.15, 0.2) is 11.6 Å². The Morgan fingerprint density at radius 1 is 1.20 bits per heavy atom. The Kier molecular flexibility index (Phi) is 4.50. The highest BCUT2D eigenvalue weighted by atomic mass is 32.2. The van der Waals surface area contributed by atoms with Gasteiger partial charge >= 0.3 is 6.18 Å². The molecule has 0 bridgehead atoms. The number of oxazole rings is 1. The van der Waals surface area contributed by atoms with Crippen LogP contribution in [-0.2, 0) is 11.2 Å². The van der Waals surface area contributed by atoms with Crippen LogP contribution in [0.25, 0.3) is 22.0 Å². The fourth-order valence-electron chi connectivity index (χ4n) is 3.97. The number of carbonyl (C=O) groups is 1. The summed E-state index contributed by atoms with van der Waals surface area (Å²) in [7, 11) is 0. The van der Waals surface area contributed by atoms with Crippen molar-refractivity contribution in [3.05, 3.63) is 59.8 Å². The van der Waals surface area contributed by atoms with E-state index in [9.17, 15) is 18.0 Å². The van der Waals surface area contributed by atoms with E-state index in [1.165, 1.54) is 0 Å². The van der Waals surface area contributed by atoms with Crippen LogP contribution in [0.5, 0.6) is 0 Å². The minimum Gasteiger partial charge on any atom is -0.431 e. The molecule has 1 N–H and O–H groups in total. The lowest BCUT2D eigenvalue weighted by molar-refractivity contribution is -0.193. The van der Waals surface area contributed by atoms with Gasteiger partial charge in [0.2, 0.25) is 5.91 Å². The lowest BCUT2D eigenvalue weighted by atomic mass is 9.97. The molecule has 1 aliphatic heterocycles. The molecule has 30 heavy (non-hydrogen) atoms. The number of hydrogen-bond acceptors (Lipinski definition) is 4. The van der Waals surface area contributed by atoms with Crippen molar-refractivity contribution in [3.8, 4) is 0 Å². The summed E-state index contributed by atoms with van der Waals surface area (Å²) in [5.41, 5.74) is 2.54. The Balaban J connectivity index is 1.41. The zero-order valence-electron chi connectivity index (χ0n) is 15.6. The first-order valence-electron chi connectivity index (χ1n) is 9.36. The average molecular weight is 431 g/mol. The summed E-state index contributed by atoms with van der Waals surface area (Å²) < 4.78 is 47.6. The molecule has 1 aliphatic rings. The third kappa shape index (κ3) is 3.23. The van der Waals surface area contributed by atoms with Gasteiger partial charge in [-0.05, 0) is 30.2 Å². The molecule has 0 radical (unpaired) electrons. The van der Waals surface area contributed by atoms with Crippen LogP contribution < -0.4 is 0 Å². The first-order valence-corrected chi connectivity index (χ1v) is 10.3. The second kappa shape index (κ2) is 7.09. The Morgan fingerprint density at radius 2 is 1.97 bits per heavy atom. The van der Waals surface area contributed by atoms with Crippen molar-refractivity contribution in [2.75, 3.05) is 12.3 Å². The molecule has 0 aliphatic carbocycles. The SMILES string of the molecule is O=C(CSc1nc2ccccc2o1)N1CCc2c([nH]c3ccccc23)C1C(F)(F)F. The van der Waals surface area contributed by atoms with Crippen LogP contribution >= 0.6 is 11.8 Å². The molecular formula is C21H16F3N3O2S. The van der Waals surface area contributed by atoms with Crippen molar-refractivity contribution >= 4 is 39.7 Å². The van der Waals surface area contributed by atoms with E-state index in [1.807, 2.05) is 6.07 Å². The number of nitrogens with one attached hydrogen (secondary N) is 1. The molecule has 0 spiro atoms. The zero-order chi connectivity index (χ0) is 20.9. The van der Waals surface area contributed by atoms with Crippen LogP contribution in [0, 0.1) is 0 Å². The Labute approximate surface area is 173 Å². The molecule has 5 nitrogen and oxygen atoms in total. The predicted octanol–water partition coefficient (Wildman–Crippen LogP) is 5.09. The minimum atomic E-state index is -4.59. The number of rotatable bonds is 3. The number of nitrogens with zero attached hydrogens (tertiary/aromatic N) is 2. The minimum absolute atomic E-state index is 0.00593. The quantitative estimate of drug-likeness (QED) is 0.459. The van der Waals surface area contributed by atoms with E-state index in [4.69, 9.17) is 4.42 Å². The maximum Gasteiger partial charge on any atom is 0.414 e. The van der Waals surface area contributed by atoms with Crippen molar-refractivity contribution in [1.82, 2.24) is 14.9 Å². The van der Waals surface area contributed by atoms with E-state index in [2.05, 4.69) is 9.97 Å². The topological polar surface area (TPSA) is 62.1 Å². The predicted molar refractivity (Wildman–Crippen MR) is 107 cm³/mol. The summed E-state index contributed by atoms with van der Waals surface area (Å²) in [6, 6.07) is 12.2. The van der Waals surface area contributed by atoms with Gasteiger partial charge in [0.25, 0.3) is 5.22 Å². The second-order valence-electron chi connectivity index (χ2n) is 7.08. The third-order valence-corrected chi connectivity index (χ3v) is 6.07. The number of halogens is 3. The fraction of sp³-hybridized carbons (Fsp3) is 0.238. The molecule has 3 heterocycles. The van der Waals surface area contributed by atoms with Crippen molar-refractivity contribution in [1.29, 1.82) is 0 Å². The van der Waals surface area contributed by atoms with Gasteiger partial charge < -0.3 is 14.3 Å². The maximum absolute atomic E-state index is 14.0. The molecule has 2 aromatic carbocycles. The van der Waals surface area contributed by atoms with Crippen LogP contribution in [0.4, 0.5) is 13.2 Å². The van der Waals surface area contributed by atoms with E-state index in [0.29, 0.717) is 28.6 Å².